The SMILES string of the molecule is CCn1c(N2CCN(C(=O)c3ccc(OC)cc3)CC2)nc2cc3c(cc2c1=O)OCCO3. The van der Waals surface area contributed by atoms with Gasteiger partial charge in [-0.05, 0) is 37.3 Å². The lowest BCUT2D eigenvalue weighted by atomic mass is 10.1. The zero-order valence-electron chi connectivity index (χ0n) is 18.7. The highest BCUT2D eigenvalue weighted by Gasteiger charge is 2.26. The molecule has 3 aromatic rings. The standard InChI is InChI=1S/C24H26N4O5/c1-3-28-23(30)18-14-20-21(33-13-12-32-20)15-19(18)25-24(28)27-10-8-26(9-11-27)22(29)16-4-6-17(31-2)7-5-16/h4-7,14-15H,3,8-13H2,1-2H3. The monoisotopic (exact) mass is 450 g/mol. The average Bonchev–Trinajstić information content (AvgIpc) is 2.87. The van der Waals surface area contributed by atoms with Gasteiger partial charge in [0.05, 0.1) is 18.0 Å². The van der Waals surface area contributed by atoms with Crippen LogP contribution in [0, 0.1) is 0 Å². The zero-order chi connectivity index (χ0) is 22.9. The molecule has 0 N–H and O–H groups in total. The molecule has 0 bridgehead atoms. The van der Waals surface area contributed by atoms with Crippen LogP contribution in [0.2, 0.25) is 0 Å². The molecule has 2 aliphatic rings. The fraction of sp³-hybridized carbons (Fsp3) is 0.375. The summed E-state index contributed by atoms with van der Waals surface area (Å²) in [6, 6.07) is 10.6. The van der Waals surface area contributed by atoms with Crippen LogP contribution < -0.4 is 24.7 Å². The smallest absolute Gasteiger partial charge is 0.262 e. The van der Waals surface area contributed by atoms with E-state index < -0.39 is 0 Å². The summed E-state index contributed by atoms with van der Waals surface area (Å²) in [6.45, 7) is 5.63. The number of benzene rings is 2. The van der Waals surface area contributed by atoms with Gasteiger partial charge in [-0.2, -0.15) is 0 Å². The number of fused-ring (bicyclic) bond motifs is 2. The molecular weight excluding hydrogens is 424 g/mol. The first-order valence-corrected chi connectivity index (χ1v) is 11.1. The summed E-state index contributed by atoms with van der Waals surface area (Å²) in [5.74, 6) is 2.50. The van der Waals surface area contributed by atoms with Gasteiger partial charge in [0.25, 0.3) is 11.5 Å². The van der Waals surface area contributed by atoms with Gasteiger partial charge < -0.3 is 24.0 Å². The van der Waals surface area contributed by atoms with Gasteiger partial charge in [0.2, 0.25) is 5.95 Å². The van der Waals surface area contributed by atoms with Crippen molar-refractivity contribution in [3.8, 4) is 17.2 Å². The summed E-state index contributed by atoms with van der Waals surface area (Å²) < 4.78 is 18.2. The Labute approximate surface area is 191 Å². The second kappa shape index (κ2) is 8.65. The minimum Gasteiger partial charge on any atom is -0.497 e. The van der Waals surface area contributed by atoms with Crippen LogP contribution >= 0.6 is 0 Å². The van der Waals surface area contributed by atoms with Crippen molar-refractivity contribution in [1.29, 1.82) is 0 Å². The van der Waals surface area contributed by atoms with Crippen LogP contribution in [0.1, 0.15) is 17.3 Å². The maximum Gasteiger partial charge on any atom is 0.262 e. The Morgan fingerprint density at radius 2 is 1.70 bits per heavy atom. The second-order valence-corrected chi connectivity index (χ2v) is 7.98. The van der Waals surface area contributed by atoms with Gasteiger partial charge >= 0.3 is 0 Å². The van der Waals surface area contributed by atoms with Crippen molar-refractivity contribution in [2.24, 2.45) is 0 Å². The molecule has 9 nitrogen and oxygen atoms in total. The van der Waals surface area contributed by atoms with Crippen molar-refractivity contribution in [3.05, 3.63) is 52.3 Å². The lowest BCUT2D eigenvalue weighted by Gasteiger charge is -2.36. The molecular formula is C24H26N4O5. The number of amides is 1. The minimum atomic E-state index is -0.105. The Kier molecular flexibility index (Phi) is 5.53. The molecule has 1 saturated heterocycles. The molecule has 1 amide bonds. The number of methoxy groups -OCH3 is 1. The van der Waals surface area contributed by atoms with Crippen LogP contribution in [0.4, 0.5) is 5.95 Å². The van der Waals surface area contributed by atoms with Crippen LogP contribution in [0.5, 0.6) is 17.2 Å². The van der Waals surface area contributed by atoms with Crippen LogP contribution in [0.3, 0.4) is 0 Å². The highest BCUT2D eigenvalue weighted by Crippen LogP contribution is 2.33. The summed E-state index contributed by atoms with van der Waals surface area (Å²) in [5.41, 5.74) is 1.11. The van der Waals surface area contributed by atoms with E-state index in [1.54, 1.807) is 48.1 Å². The van der Waals surface area contributed by atoms with E-state index >= 15 is 0 Å². The predicted octanol–water partition coefficient (Wildman–Crippen LogP) is 2.16. The number of aromatic nitrogens is 2. The van der Waals surface area contributed by atoms with Crippen molar-refractivity contribution in [2.75, 3.05) is 51.4 Å². The van der Waals surface area contributed by atoms with Crippen molar-refractivity contribution in [2.45, 2.75) is 13.5 Å². The lowest BCUT2D eigenvalue weighted by molar-refractivity contribution is 0.0746. The molecule has 0 spiro atoms. The van der Waals surface area contributed by atoms with Crippen molar-refractivity contribution in [3.63, 3.8) is 0 Å². The Morgan fingerprint density at radius 1 is 1.03 bits per heavy atom. The van der Waals surface area contributed by atoms with E-state index in [-0.39, 0.29) is 11.5 Å². The molecule has 172 valence electrons. The highest BCUT2D eigenvalue weighted by molar-refractivity contribution is 5.94. The maximum atomic E-state index is 13.2. The van der Waals surface area contributed by atoms with E-state index in [4.69, 9.17) is 19.2 Å². The first kappa shape index (κ1) is 21.1. The van der Waals surface area contributed by atoms with Crippen molar-refractivity contribution < 1.29 is 19.0 Å². The Bertz CT molecular complexity index is 1250. The first-order chi connectivity index (χ1) is 16.1. The minimum absolute atomic E-state index is 0.0135. The lowest BCUT2D eigenvalue weighted by Crippen LogP contribution is -2.50. The summed E-state index contributed by atoms with van der Waals surface area (Å²) in [5, 5.41) is 0.512. The number of nitrogens with zero attached hydrogens (tertiary/aromatic N) is 4. The maximum absolute atomic E-state index is 13.2. The molecule has 5 rings (SSSR count). The van der Waals surface area contributed by atoms with E-state index in [1.807, 2.05) is 11.8 Å². The van der Waals surface area contributed by atoms with Gasteiger partial charge in [0, 0.05) is 44.4 Å². The summed E-state index contributed by atoms with van der Waals surface area (Å²) in [4.78, 5) is 34.9. The Balaban J connectivity index is 1.39. The molecule has 2 aliphatic heterocycles. The zero-order valence-corrected chi connectivity index (χ0v) is 18.7. The Hall–Kier alpha value is -3.75. The van der Waals surface area contributed by atoms with E-state index in [9.17, 15) is 9.59 Å². The van der Waals surface area contributed by atoms with E-state index in [0.29, 0.717) is 79.9 Å². The number of carbonyl (C=O) groups excluding carboxylic acids is 1. The third kappa shape index (κ3) is 3.83. The predicted molar refractivity (Wildman–Crippen MR) is 124 cm³/mol. The second-order valence-electron chi connectivity index (χ2n) is 7.98. The molecule has 0 saturated carbocycles. The number of carbonyl (C=O) groups is 1. The highest BCUT2D eigenvalue weighted by atomic mass is 16.6. The number of rotatable bonds is 4. The molecule has 2 aromatic carbocycles. The van der Waals surface area contributed by atoms with Gasteiger partial charge in [-0.25, -0.2) is 4.98 Å². The molecule has 0 unspecified atom stereocenters. The number of hydrogen-bond acceptors (Lipinski definition) is 7. The van der Waals surface area contributed by atoms with Gasteiger partial charge in [-0.1, -0.05) is 0 Å². The number of piperazine rings is 1. The first-order valence-electron chi connectivity index (χ1n) is 11.1. The van der Waals surface area contributed by atoms with Gasteiger partial charge in [-0.3, -0.25) is 14.2 Å². The molecule has 9 heteroatoms. The molecule has 0 atom stereocenters. The van der Waals surface area contributed by atoms with Gasteiger partial charge in [0.15, 0.2) is 11.5 Å². The normalized spacial score (nSPS) is 15.6. The molecule has 0 aliphatic carbocycles. The molecule has 1 fully saturated rings. The van der Waals surface area contributed by atoms with Crippen LogP contribution in [-0.2, 0) is 6.54 Å². The van der Waals surface area contributed by atoms with E-state index in [2.05, 4.69) is 4.90 Å². The molecule has 0 radical (unpaired) electrons. The third-order valence-electron chi connectivity index (χ3n) is 6.10. The van der Waals surface area contributed by atoms with Crippen molar-refractivity contribution >= 4 is 22.8 Å². The summed E-state index contributed by atoms with van der Waals surface area (Å²) >= 11 is 0. The quantitative estimate of drug-likeness (QED) is 0.602. The van der Waals surface area contributed by atoms with E-state index in [1.165, 1.54) is 0 Å². The third-order valence-corrected chi connectivity index (χ3v) is 6.10. The van der Waals surface area contributed by atoms with Gasteiger partial charge in [0.1, 0.15) is 19.0 Å². The van der Waals surface area contributed by atoms with Crippen LogP contribution in [0.15, 0.2) is 41.2 Å². The van der Waals surface area contributed by atoms with Gasteiger partial charge in [-0.15, -0.1) is 0 Å². The Morgan fingerprint density at radius 3 is 2.33 bits per heavy atom. The van der Waals surface area contributed by atoms with Crippen LogP contribution in [-0.4, -0.2) is 66.9 Å². The number of hydrogen-bond donors (Lipinski definition) is 0. The number of ether oxygens (including phenoxy) is 3. The fourth-order valence-corrected chi connectivity index (χ4v) is 4.30. The average molecular weight is 450 g/mol. The summed E-state index contributed by atoms with van der Waals surface area (Å²) in [7, 11) is 1.60. The molecule has 1 aromatic heterocycles. The summed E-state index contributed by atoms with van der Waals surface area (Å²) in [6.07, 6.45) is 0. The topological polar surface area (TPSA) is 86.1 Å². The largest absolute Gasteiger partial charge is 0.497 e. The molecule has 33 heavy (non-hydrogen) atoms. The van der Waals surface area contributed by atoms with Crippen LogP contribution in [0.25, 0.3) is 10.9 Å². The molecule has 3 heterocycles. The van der Waals surface area contributed by atoms with Crippen molar-refractivity contribution in [1.82, 2.24) is 14.5 Å². The van der Waals surface area contributed by atoms with E-state index in [0.717, 1.165) is 5.75 Å². The number of anilines is 1. The fourth-order valence-electron chi connectivity index (χ4n) is 4.30.